The van der Waals surface area contributed by atoms with Gasteiger partial charge in [-0.05, 0) is 31.1 Å². The van der Waals surface area contributed by atoms with Crippen LogP contribution in [0.15, 0.2) is 12.2 Å². The van der Waals surface area contributed by atoms with E-state index < -0.39 is 0 Å². The SMILES string of the molecule is C1=CC2CC1CC21CCOOC1. The molecule has 0 aromatic heterocycles. The van der Waals surface area contributed by atoms with E-state index in [1.54, 1.807) is 0 Å². The largest absolute Gasteiger partial charge is 0.237 e. The molecule has 0 aromatic carbocycles. The topological polar surface area (TPSA) is 18.5 Å². The first kappa shape index (κ1) is 7.10. The van der Waals surface area contributed by atoms with Crippen molar-refractivity contribution < 1.29 is 9.78 Å². The molecule has 0 amide bonds. The summed E-state index contributed by atoms with van der Waals surface area (Å²) >= 11 is 0. The van der Waals surface area contributed by atoms with Crippen molar-refractivity contribution in [2.75, 3.05) is 13.2 Å². The van der Waals surface area contributed by atoms with Gasteiger partial charge in [-0.25, -0.2) is 9.78 Å². The van der Waals surface area contributed by atoms with Crippen LogP contribution >= 0.6 is 0 Å². The van der Waals surface area contributed by atoms with E-state index in [0.29, 0.717) is 5.41 Å². The van der Waals surface area contributed by atoms with Crippen LogP contribution in [-0.4, -0.2) is 13.2 Å². The fraction of sp³-hybridized carbons (Fsp3) is 0.800. The minimum absolute atomic E-state index is 0.456. The van der Waals surface area contributed by atoms with Crippen LogP contribution in [0, 0.1) is 17.3 Å². The highest BCUT2D eigenvalue weighted by Crippen LogP contribution is 2.54. The summed E-state index contributed by atoms with van der Waals surface area (Å²) in [5, 5.41) is 0. The Balaban J connectivity index is 1.86. The average Bonchev–Trinajstić information content (AvgIpc) is 2.65. The first-order valence-corrected chi connectivity index (χ1v) is 4.82. The highest BCUT2D eigenvalue weighted by molar-refractivity contribution is 5.15. The molecule has 12 heavy (non-hydrogen) atoms. The minimum atomic E-state index is 0.456. The van der Waals surface area contributed by atoms with Crippen molar-refractivity contribution in [2.24, 2.45) is 17.3 Å². The lowest BCUT2D eigenvalue weighted by atomic mass is 9.74. The Morgan fingerprint density at radius 3 is 2.83 bits per heavy atom. The Morgan fingerprint density at radius 2 is 2.25 bits per heavy atom. The van der Waals surface area contributed by atoms with E-state index in [2.05, 4.69) is 12.2 Å². The smallest absolute Gasteiger partial charge is 0.0885 e. The minimum Gasteiger partial charge on any atom is -0.237 e. The van der Waals surface area contributed by atoms with Crippen LogP contribution in [0.4, 0.5) is 0 Å². The molecule has 3 atom stereocenters. The molecule has 66 valence electrons. The van der Waals surface area contributed by atoms with Crippen LogP contribution in [0.1, 0.15) is 19.3 Å². The van der Waals surface area contributed by atoms with E-state index >= 15 is 0 Å². The van der Waals surface area contributed by atoms with Crippen molar-refractivity contribution in [1.29, 1.82) is 0 Å². The molecule has 1 saturated heterocycles. The summed E-state index contributed by atoms with van der Waals surface area (Å²) in [6.07, 6.45) is 8.66. The maximum Gasteiger partial charge on any atom is 0.0885 e. The van der Waals surface area contributed by atoms with Gasteiger partial charge in [-0.3, -0.25) is 0 Å². The van der Waals surface area contributed by atoms with Gasteiger partial charge in [-0.2, -0.15) is 0 Å². The molecule has 1 spiro atoms. The molecule has 2 fully saturated rings. The van der Waals surface area contributed by atoms with Gasteiger partial charge in [0.15, 0.2) is 0 Å². The molecule has 2 aliphatic carbocycles. The molecule has 2 nitrogen and oxygen atoms in total. The third-order valence-electron chi connectivity index (χ3n) is 3.74. The maximum atomic E-state index is 5.13. The van der Waals surface area contributed by atoms with Crippen molar-refractivity contribution in [2.45, 2.75) is 19.3 Å². The van der Waals surface area contributed by atoms with E-state index in [-0.39, 0.29) is 0 Å². The predicted octanol–water partition coefficient (Wildman–Crippen LogP) is 1.92. The fourth-order valence-corrected chi connectivity index (χ4v) is 3.04. The van der Waals surface area contributed by atoms with Gasteiger partial charge in [0.1, 0.15) is 0 Å². The number of fused-ring (bicyclic) bond motifs is 3. The normalized spacial score (nSPS) is 50.7. The van der Waals surface area contributed by atoms with Crippen LogP contribution in [0.2, 0.25) is 0 Å². The second kappa shape index (κ2) is 2.33. The first-order chi connectivity index (χ1) is 5.89. The molecule has 3 unspecified atom stereocenters. The quantitative estimate of drug-likeness (QED) is 0.404. The Morgan fingerprint density at radius 1 is 1.25 bits per heavy atom. The lowest BCUT2D eigenvalue weighted by Gasteiger charge is -2.37. The summed E-state index contributed by atoms with van der Waals surface area (Å²) < 4.78 is 0. The zero-order chi connectivity index (χ0) is 8.02. The van der Waals surface area contributed by atoms with Crippen LogP contribution in [0.3, 0.4) is 0 Å². The van der Waals surface area contributed by atoms with Gasteiger partial charge in [0.05, 0.1) is 13.2 Å². The first-order valence-electron chi connectivity index (χ1n) is 4.82. The summed E-state index contributed by atoms with van der Waals surface area (Å²) in [5.74, 6) is 1.63. The molecule has 0 N–H and O–H groups in total. The molecule has 3 aliphatic rings. The lowest BCUT2D eigenvalue weighted by Crippen LogP contribution is -2.36. The lowest BCUT2D eigenvalue weighted by molar-refractivity contribution is -0.342. The molecular formula is C10H14O2. The number of allylic oxidation sites excluding steroid dienone is 2. The Labute approximate surface area is 72.5 Å². The van der Waals surface area contributed by atoms with Crippen molar-refractivity contribution >= 4 is 0 Å². The summed E-state index contributed by atoms with van der Waals surface area (Å²) in [4.78, 5) is 10.1. The van der Waals surface area contributed by atoms with Gasteiger partial charge >= 0.3 is 0 Å². The third-order valence-corrected chi connectivity index (χ3v) is 3.74. The van der Waals surface area contributed by atoms with Crippen molar-refractivity contribution in [3.63, 3.8) is 0 Å². The van der Waals surface area contributed by atoms with Crippen molar-refractivity contribution in [3.8, 4) is 0 Å². The van der Waals surface area contributed by atoms with Gasteiger partial charge in [0, 0.05) is 5.41 Å². The maximum absolute atomic E-state index is 5.13. The van der Waals surface area contributed by atoms with Crippen LogP contribution in [-0.2, 0) is 9.78 Å². The van der Waals surface area contributed by atoms with E-state index in [4.69, 9.17) is 9.78 Å². The molecule has 2 bridgehead atoms. The molecule has 0 radical (unpaired) electrons. The summed E-state index contributed by atoms with van der Waals surface area (Å²) in [6, 6.07) is 0. The van der Waals surface area contributed by atoms with Gasteiger partial charge in [0.25, 0.3) is 0 Å². The molecular weight excluding hydrogens is 152 g/mol. The fourth-order valence-electron chi connectivity index (χ4n) is 3.04. The standard InChI is InChI=1S/C10H14O2/c1-2-9-5-8(1)6-10(9)3-4-11-12-7-10/h1-2,8-9H,3-7H2. The van der Waals surface area contributed by atoms with Gasteiger partial charge in [-0.15, -0.1) is 0 Å². The second-order valence-electron chi connectivity index (χ2n) is 4.39. The van der Waals surface area contributed by atoms with Gasteiger partial charge in [0.2, 0.25) is 0 Å². The second-order valence-corrected chi connectivity index (χ2v) is 4.39. The van der Waals surface area contributed by atoms with Crippen LogP contribution in [0.25, 0.3) is 0 Å². The summed E-state index contributed by atoms with van der Waals surface area (Å²) in [6.45, 7) is 1.61. The molecule has 2 heteroatoms. The van der Waals surface area contributed by atoms with E-state index in [1.807, 2.05) is 0 Å². The van der Waals surface area contributed by atoms with Crippen molar-refractivity contribution in [1.82, 2.24) is 0 Å². The van der Waals surface area contributed by atoms with E-state index in [9.17, 15) is 0 Å². The van der Waals surface area contributed by atoms with Crippen molar-refractivity contribution in [3.05, 3.63) is 12.2 Å². The molecule has 1 saturated carbocycles. The molecule has 1 heterocycles. The summed E-state index contributed by atoms with van der Waals surface area (Å²) in [7, 11) is 0. The Kier molecular flexibility index (Phi) is 1.38. The third kappa shape index (κ3) is 0.824. The summed E-state index contributed by atoms with van der Waals surface area (Å²) in [5.41, 5.74) is 0.456. The highest BCUT2D eigenvalue weighted by Gasteiger charge is 2.49. The number of hydrogen-bond donors (Lipinski definition) is 0. The average molecular weight is 166 g/mol. The van der Waals surface area contributed by atoms with Crippen LogP contribution < -0.4 is 0 Å². The zero-order valence-electron chi connectivity index (χ0n) is 7.16. The zero-order valence-corrected chi connectivity index (χ0v) is 7.16. The molecule has 1 aliphatic heterocycles. The van der Waals surface area contributed by atoms with Gasteiger partial charge < -0.3 is 0 Å². The predicted molar refractivity (Wildman–Crippen MR) is 44.3 cm³/mol. The number of hydrogen-bond acceptors (Lipinski definition) is 2. The Bertz CT molecular complexity index is 216. The van der Waals surface area contributed by atoms with Crippen LogP contribution in [0.5, 0.6) is 0 Å². The van der Waals surface area contributed by atoms with E-state index in [1.165, 1.54) is 19.3 Å². The highest BCUT2D eigenvalue weighted by atomic mass is 17.2. The van der Waals surface area contributed by atoms with E-state index in [0.717, 1.165) is 25.0 Å². The van der Waals surface area contributed by atoms with Gasteiger partial charge in [-0.1, -0.05) is 12.2 Å². The monoisotopic (exact) mass is 166 g/mol. The Hall–Kier alpha value is -0.340. The molecule has 3 rings (SSSR count). The molecule has 0 aromatic rings. The number of rotatable bonds is 0.